The number of carbonyl (C=O) groups excluding carboxylic acids is 2. The highest BCUT2D eigenvalue weighted by Crippen LogP contribution is 2.43. The highest BCUT2D eigenvalue weighted by Gasteiger charge is 2.35. The smallest absolute Gasteiger partial charge is 0.462 e. The van der Waals surface area contributed by atoms with E-state index in [2.05, 4.69) is 20.8 Å². The van der Waals surface area contributed by atoms with Crippen LogP contribution in [0.5, 0.6) is 0 Å². The van der Waals surface area contributed by atoms with Gasteiger partial charge in [0.2, 0.25) is 0 Å². The molecule has 0 aromatic rings. The van der Waals surface area contributed by atoms with Crippen molar-refractivity contribution in [1.82, 2.24) is 0 Å². The number of unbranched alkanes of at least 4 members (excludes halogenated alkanes) is 20. The number of hydrogen-bond acceptors (Lipinski definition) is 13. The summed E-state index contributed by atoms with van der Waals surface area (Å²) in [6, 6.07) is 0. The first-order valence-electron chi connectivity index (χ1n) is 25.5. The van der Waals surface area contributed by atoms with Crippen molar-refractivity contribution in [3.63, 3.8) is 0 Å². The third-order valence-corrected chi connectivity index (χ3v) is 12.8. The zero-order chi connectivity index (χ0) is 48.0. The van der Waals surface area contributed by atoms with E-state index >= 15 is 0 Å². The van der Waals surface area contributed by atoms with E-state index in [-0.39, 0.29) is 25.2 Å². The molecule has 0 saturated carbocycles. The fourth-order valence-corrected chi connectivity index (χ4v) is 8.60. The average molecular weight is 949 g/mol. The molecule has 0 radical (unpaired) electrons. The van der Waals surface area contributed by atoms with Crippen molar-refractivity contribution in [1.29, 1.82) is 0 Å². The highest BCUT2D eigenvalue weighted by molar-refractivity contribution is 7.47. The highest BCUT2D eigenvalue weighted by atomic mass is 31.2. The third kappa shape index (κ3) is 36.0. The van der Waals surface area contributed by atoms with Crippen LogP contribution in [0.2, 0.25) is 0 Å². The Morgan fingerprint density at radius 1 is 0.708 bits per heavy atom. The molecule has 1 aliphatic rings. The predicted octanol–water partition coefficient (Wildman–Crippen LogP) is 10.1. The molecule has 65 heavy (non-hydrogen) atoms. The standard InChI is InChI=1S/C50H93O14P/c1-4-5-24-30-42(52)34-35-47-45(46(54)36-50(57)64-47)31-26-22-23-27-32-48(55)60-39-44(40-62-65(58,59)61-38-43(53)37-51)63-49(56)33-28-21-19-17-15-13-11-9-7-6-8-10-12-14-16-18-20-25-29-41(2)3/h22,26,34-35,41-47,50-54,57H,4-21,23-25,27-33,36-40H2,1-3H3,(H,58,59)/b26-22-,35-34+/t42-,43-,44+,45-,46-,47+,50?/m0/s1. The number of esters is 2. The van der Waals surface area contributed by atoms with Gasteiger partial charge in [0.25, 0.3) is 0 Å². The minimum absolute atomic E-state index is 0.0498. The molecule has 1 rings (SSSR count). The molecule has 1 fully saturated rings. The van der Waals surface area contributed by atoms with Gasteiger partial charge in [0.15, 0.2) is 12.4 Å². The van der Waals surface area contributed by atoms with Crippen LogP contribution in [0.25, 0.3) is 0 Å². The van der Waals surface area contributed by atoms with Crippen LogP contribution in [0.3, 0.4) is 0 Å². The van der Waals surface area contributed by atoms with Gasteiger partial charge in [-0.05, 0) is 38.0 Å². The summed E-state index contributed by atoms with van der Waals surface area (Å²) in [5.41, 5.74) is 0. The lowest BCUT2D eigenvalue weighted by Crippen LogP contribution is -2.43. The van der Waals surface area contributed by atoms with Gasteiger partial charge in [0.05, 0.1) is 38.1 Å². The molecule has 0 aromatic heterocycles. The lowest BCUT2D eigenvalue weighted by molar-refractivity contribution is -0.199. The third-order valence-electron chi connectivity index (χ3n) is 11.8. The maximum Gasteiger partial charge on any atom is 0.472 e. The summed E-state index contributed by atoms with van der Waals surface area (Å²) in [6.45, 7) is 4.35. The van der Waals surface area contributed by atoms with E-state index in [0.29, 0.717) is 32.1 Å². The molecule has 0 bridgehead atoms. The summed E-state index contributed by atoms with van der Waals surface area (Å²) in [4.78, 5) is 35.4. The lowest BCUT2D eigenvalue weighted by atomic mass is 9.87. The quantitative estimate of drug-likeness (QED) is 0.0145. The van der Waals surface area contributed by atoms with Gasteiger partial charge in [-0.1, -0.05) is 180 Å². The van der Waals surface area contributed by atoms with E-state index in [4.69, 9.17) is 28.4 Å². The van der Waals surface area contributed by atoms with E-state index in [1.54, 1.807) is 12.2 Å². The Labute approximate surface area is 392 Å². The van der Waals surface area contributed by atoms with Crippen molar-refractivity contribution in [2.45, 2.75) is 244 Å². The number of hydrogen-bond donors (Lipinski definition) is 6. The maximum absolute atomic E-state index is 12.7. The molecular formula is C50H93O14P. The molecule has 8 atom stereocenters. The van der Waals surface area contributed by atoms with E-state index < -0.39 is 83.0 Å². The fourth-order valence-electron chi connectivity index (χ4n) is 7.81. The summed E-state index contributed by atoms with van der Waals surface area (Å²) >= 11 is 0. The van der Waals surface area contributed by atoms with E-state index in [9.17, 15) is 39.5 Å². The number of aliphatic hydroxyl groups excluding tert-OH is 5. The Balaban J connectivity index is 2.38. The van der Waals surface area contributed by atoms with Crippen LogP contribution in [0.4, 0.5) is 0 Å². The number of carbonyl (C=O) groups is 2. The summed E-state index contributed by atoms with van der Waals surface area (Å²) in [7, 11) is -4.69. The van der Waals surface area contributed by atoms with E-state index in [1.165, 1.54) is 96.3 Å². The normalized spacial score (nSPS) is 20.3. The Morgan fingerprint density at radius 2 is 1.25 bits per heavy atom. The zero-order valence-corrected chi connectivity index (χ0v) is 41.6. The Hall–Kier alpha value is -1.71. The zero-order valence-electron chi connectivity index (χ0n) is 40.7. The van der Waals surface area contributed by atoms with Crippen LogP contribution in [0.15, 0.2) is 24.3 Å². The molecule has 6 N–H and O–H groups in total. The van der Waals surface area contributed by atoms with Gasteiger partial charge in [0.1, 0.15) is 12.7 Å². The maximum atomic E-state index is 12.7. The molecule has 2 unspecified atom stereocenters. The summed E-state index contributed by atoms with van der Waals surface area (Å²) in [5.74, 6) is -0.607. The summed E-state index contributed by atoms with van der Waals surface area (Å²) < 4.78 is 38.5. The molecule has 0 aromatic carbocycles. The van der Waals surface area contributed by atoms with Crippen molar-refractivity contribution < 1.29 is 67.8 Å². The van der Waals surface area contributed by atoms with Gasteiger partial charge in [-0.25, -0.2) is 4.57 Å². The SMILES string of the molecule is CCCCC[C@H](O)/C=C/[C@H]1OC(O)C[C@H](O)[C@@H]1C/C=C\CCCC(=O)OC[C@H](COP(=O)(O)OC[C@@H](O)CO)OC(=O)CCCCCCCCCCCCCCCCCCCCC(C)C. The number of rotatable bonds is 43. The molecule has 0 aliphatic carbocycles. The monoisotopic (exact) mass is 949 g/mol. The minimum atomic E-state index is -4.69. The Kier molecular flexibility index (Phi) is 37.9. The number of ether oxygens (including phenoxy) is 3. The van der Waals surface area contributed by atoms with Crippen LogP contribution in [-0.4, -0.2) is 106 Å². The van der Waals surface area contributed by atoms with Gasteiger partial charge in [-0.2, -0.15) is 0 Å². The second-order valence-corrected chi connectivity index (χ2v) is 20.0. The molecule has 1 heterocycles. The van der Waals surface area contributed by atoms with Gasteiger partial charge in [0, 0.05) is 25.2 Å². The molecule has 1 aliphatic heterocycles. The lowest BCUT2D eigenvalue weighted by Gasteiger charge is -2.36. The van der Waals surface area contributed by atoms with Crippen molar-refractivity contribution in [3.05, 3.63) is 24.3 Å². The Morgan fingerprint density at radius 3 is 1.82 bits per heavy atom. The van der Waals surface area contributed by atoms with Crippen LogP contribution in [0, 0.1) is 11.8 Å². The van der Waals surface area contributed by atoms with Gasteiger partial charge in [-0.3, -0.25) is 18.6 Å². The van der Waals surface area contributed by atoms with E-state index in [0.717, 1.165) is 44.4 Å². The van der Waals surface area contributed by atoms with Crippen molar-refractivity contribution in [2.24, 2.45) is 11.8 Å². The largest absolute Gasteiger partial charge is 0.472 e. The molecule has 0 spiro atoms. The first-order valence-corrected chi connectivity index (χ1v) is 27.0. The van der Waals surface area contributed by atoms with Crippen LogP contribution in [-0.2, 0) is 37.4 Å². The first-order chi connectivity index (χ1) is 31.3. The topological polar surface area (TPSA) is 219 Å². The van der Waals surface area contributed by atoms with Gasteiger partial charge >= 0.3 is 19.8 Å². The molecule has 14 nitrogen and oxygen atoms in total. The molecule has 15 heteroatoms. The summed E-state index contributed by atoms with van der Waals surface area (Å²) in [5, 5.41) is 49.4. The average Bonchev–Trinajstić information content (AvgIpc) is 3.26. The molecule has 1 saturated heterocycles. The Bertz CT molecular complexity index is 1260. The first kappa shape index (κ1) is 61.3. The molecular weight excluding hydrogens is 856 g/mol. The molecule has 0 amide bonds. The van der Waals surface area contributed by atoms with Crippen molar-refractivity contribution in [2.75, 3.05) is 26.4 Å². The van der Waals surface area contributed by atoms with Crippen LogP contribution >= 0.6 is 7.82 Å². The number of aliphatic hydroxyl groups is 5. The van der Waals surface area contributed by atoms with Crippen molar-refractivity contribution in [3.8, 4) is 0 Å². The number of phosphoric ester groups is 1. The van der Waals surface area contributed by atoms with Crippen LogP contribution < -0.4 is 0 Å². The number of allylic oxidation sites excluding steroid dienone is 2. The van der Waals surface area contributed by atoms with Gasteiger partial charge < -0.3 is 44.6 Å². The van der Waals surface area contributed by atoms with Crippen molar-refractivity contribution >= 4 is 19.8 Å². The minimum Gasteiger partial charge on any atom is -0.462 e. The predicted molar refractivity (Wildman–Crippen MR) is 255 cm³/mol. The van der Waals surface area contributed by atoms with Gasteiger partial charge in [-0.15, -0.1) is 0 Å². The fraction of sp³-hybridized carbons (Fsp3) is 0.880. The second-order valence-electron chi connectivity index (χ2n) is 18.6. The van der Waals surface area contributed by atoms with E-state index in [1.807, 2.05) is 12.2 Å². The van der Waals surface area contributed by atoms with Crippen LogP contribution in [0.1, 0.15) is 207 Å². The number of phosphoric acid groups is 1. The second kappa shape index (κ2) is 40.2. The molecule has 382 valence electrons. The summed E-state index contributed by atoms with van der Waals surface area (Å²) in [6.07, 6.45) is 30.5.